The first-order valence-electron chi connectivity index (χ1n) is 4.36. The van der Waals surface area contributed by atoms with Crippen molar-refractivity contribution in [2.45, 2.75) is 11.8 Å². The van der Waals surface area contributed by atoms with Crippen molar-refractivity contribution in [3.8, 4) is 6.07 Å². The maximum Gasteiger partial charge on any atom is 0.140 e. The maximum absolute atomic E-state index is 8.82. The van der Waals surface area contributed by atoms with E-state index in [1.807, 2.05) is 19.1 Å². The van der Waals surface area contributed by atoms with E-state index in [4.69, 9.17) is 10.4 Å². The monoisotopic (exact) mass is 208 g/mol. The fourth-order valence-electron chi connectivity index (χ4n) is 0.823. The third kappa shape index (κ3) is 3.36. The number of thioether (sulfide) groups is 1. The van der Waals surface area contributed by atoms with Crippen molar-refractivity contribution in [3.63, 3.8) is 0 Å². The van der Waals surface area contributed by atoms with Gasteiger partial charge in [-0.2, -0.15) is 5.26 Å². The van der Waals surface area contributed by atoms with Crippen LogP contribution in [0.1, 0.15) is 12.6 Å². The SMILES string of the molecule is CC(CO)CSc1ccc(C#N)nc1. The zero-order valence-corrected chi connectivity index (χ0v) is 8.79. The molecule has 0 aliphatic heterocycles. The van der Waals surface area contributed by atoms with E-state index in [0.29, 0.717) is 5.69 Å². The molecule has 1 aromatic heterocycles. The molecule has 0 radical (unpaired) electrons. The molecule has 0 spiro atoms. The molecular weight excluding hydrogens is 196 g/mol. The van der Waals surface area contributed by atoms with E-state index in [0.717, 1.165) is 10.6 Å². The van der Waals surface area contributed by atoms with Crippen LogP contribution in [-0.2, 0) is 0 Å². The lowest BCUT2D eigenvalue weighted by Gasteiger charge is -2.06. The molecule has 14 heavy (non-hydrogen) atoms. The smallest absolute Gasteiger partial charge is 0.140 e. The van der Waals surface area contributed by atoms with Gasteiger partial charge in [0.15, 0.2) is 0 Å². The molecule has 1 unspecified atom stereocenters. The van der Waals surface area contributed by atoms with E-state index in [-0.39, 0.29) is 12.5 Å². The van der Waals surface area contributed by atoms with Gasteiger partial charge in [-0.05, 0) is 18.1 Å². The predicted octanol–water partition coefficient (Wildman–Crippen LogP) is 1.67. The number of hydrogen-bond donors (Lipinski definition) is 1. The van der Waals surface area contributed by atoms with Gasteiger partial charge < -0.3 is 5.11 Å². The highest BCUT2D eigenvalue weighted by molar-refractivity contribution is 7.99. The standard InChI is InChI=1S/C10H12N2OS/c1-8(6-13)7-14-10-3-2-9(4-11)12-5-10/h2-3,5,8,13H,6-7H2,1H3. The second-order valence-electron chi connectivity index (χ2n) is 3.09. The summed E-state index contributed by atoms with van der Waals surface area (Å²) >= 11 is 1.64. The van der Waals surface area contributed by atoms with Crippen LogP contribution in [0.4, 0.5) is 0 Å². The zero-order valence-electron chi connectivity index (χ0n) is 7.97. The molecule has 0 aliphatic rings. The van der Waals surface area contributed by atoms with Gasteiger partial charge in [0.1, 0.15) is 11.8 Å². The van der Waals surface area contributed by atoms with Gasteiger partial charge in [0, 0.05) is 23.5 Å². The van der Waals surface area contributed by atoms with Crippen molar-refractivity contribution in [1.82, 2.24) is 4.98 Å². The van der Waals surface area contributed by atoms with Crippen LogP contribution in [0.15, 0.2) is 23.2 Å². The first kappa shape index (κ1) is 11.0. The van der Waals surface area contributed by atoms with Gasteiger partial charge in [-0.3, -0.25) is 0 Å². The van der Waals surface area contributed by atoms with E-state index < -0.39 is 0 Å². The van der Waals surface area contributed by atoms with Crippen molar-refractivity contribution in [2.24, 2.45) is 5.92 Å². The summed E-state index contributed by atoms with van der Waals surface area (Å²) in [7, 11) is 0. The second kappa shape index (κ2) is 5.63. The molecule has 0 amide bonds. The van der Waals surface area contributed by atoms with Crippen molar-refractivity contribution in [1.29, 1.82) is 5.26 Å². The van der Waals surface area contributed by atoms with Gasteiger partial charge in [0.25, 0.3) is 0 Å². The normalized spacial score (nSPS) is 12.1. The summed E-state index contributed by atoms with van der Waals surface area (Å²) in [6.45, 7) is 2.20. The number of aromatic nitrogens is 1. The van der Waals surface area contributed by atoms with Crippen LogP contribution in [0.2, 0.25) is 0 Å². The first-order chi connectivity index (χ1) is 6.76. The molecule has 0 bridgehead atoms. The Labute approximate surface area is 87.8 Å². The topological polar surface area (TPSA) is 56.9 Å². The molecule has 1 atom stereocenters. The molecule has 1 rings (SSSR count). The van der Waals surface area contributed by atoms with Crippen molar-refractivity contribution < 1.29 is 5.11 Å². The Morgan fingerprint density at radius 2 is 2.43 bits per heavy atom. The third-order valence-corrected chi connectivity index (χ3v) is 3.01. The largest absolute Gasteiger partial charge is 0.396 e. The molecule has 1 N–H and O–H groups in total. The molecule has 0 aromatic carbocycles. The third-order valence-electron chi connectivity index (χ3n) is 1.70. The van der Waals surface area contributed by atoms with Crippen LogP contribution < -0.4 is 0 Å². The van der Waals surface area contributed by atoms with Crippen LogP contribution in [-0.4, -0.2) is 22.5 Å². The van der Waals surface area contributed by atoms with E-state index in [1.165, 1.54) is 0 Å². The van der Waals surface area contributed by atoms with E-state index in [2.05, 4.69) is 4.98 Å². The average Bonchev–Trinajstić information content (AvgIpc) is 2.26. The Kier molecular flexibility index (Phi) is 4.44. The number of aliphatic hydroxyl groups excluding tert-OH is 1. The quantitative estimate of drug-likeness (QED) is 0.765. The lowest BCUT2D eigenvalue weighted by Crippen LogP contribution is -2.03. The first-order valence-corrected chi connectivity index (χ1v) is 5.34. The Morgan fingerprint density at radius 3 is 2.93 bits per heavy atom. The molecule has 0 saturated carbocycles. The van der Waals surface area contributed by atoms with Crippen molar-refractivity contribution in [2.75, 3.05) is 12.4 Å². The minimum atomic E-state index is 0.205. The fraction of sp³-hybridized carbons (Fsp3) is 0.400. The number of nitriles is 1. The summed E-state index contributed by atoms with van der Waals surface area (Å²) in [6, 6.07) is 5.55. The van der Waals surface area contributed by atoms with E-state index in [1.54, 1.807) is 24.0 Å². The zero-order chi connectivity index (χ0) is 10.4. The van der Waals surface area contributed by atoms with Gasteiger partial charge >= 0.3 is 0 Å². The molecule has 1 heterocycles. The summed E-state index contributed by atoms with van der Waals surface area (Å²) in [5.41, 5.74) is 0.435. The van der Waals surface area contributed by atoms with Gasteiger partial charge in [-0.1, -0.05) is 6.92 Å². The molecule has 4 heteroatoms. The summed E-state index contributed by atoms with van der Waals surface area (Å²) in [6.07, 6.45) is 1.69. The number of pyridine rings is 1. The van der Waals surface area contributed by atoms with Crippen LogP contribution >= 0.6 is 11.8 Å². The highest BCUT2D eigenvalue weighted by Crippen LogP contribution is 2.19. The summed E-state index contributed by atoms with van der Waals surface area (Å²) < 4.78 is 0. The minimum absolute atomic E-state index is 0.205. The lowest BCUT2D eigenvalue weighted by molar-refractivity contribution is 0.250. The van der Waals surface area contributed by atoms with Gasteiger partial charge in [-0.25, -0.2) is 4.98 Å². The van der Waals surface area contributed by atoms with Crippen LogP contribution in [0.3, 0.4) is 0 Å². The fourth-order valence-corrected chi connectivity index (χ4v) is 1.70. The number of aliphatic hydroxyl groups is 1. The second-order valence-corrected chi connectivity index (χ2v) is 4.18. The van der Waals surface area contributed by atoms with Crippen LogP contribution in [0.25, 0.3) is 0 Å². The molecular formula is C10H12N2OS. The van der Waals surface area contributed by atoms with Gasteiger partial charge in [0.2, 0.25) is 0 Å². The van der Waals surface area contributed by atoms with Crippen molar-refractivity contribution in [3.05, 3.63) is 24.0 Å². The molecule has 0 saturated heterocycles. The van der Waals surface area contributed by atoms with Crippen LogP contribution in [0, 0.1) is 17.2 Å². The van der Waals surface area contributed by atoms with E-state index in [9.17, 15) is 0 Å². The molecule has 74 valence electrons. The highest BCUT2D eigenvalue weighted by Gasteiger charge is 2.01. The Balaban J connectivity index is 2.49. The highest BCUT2D eigenvalue weighted by atomic mass is 32.2. The van der Waals surface area contributed by atoms with Gasteiger partial charge in [-0.15, -0.1) is 11.8 Å². The van der Waals surface area contributed by atoms with E-state index >= 15 is 0 Å². The van der Waals surface area contributed by atoms with Gasteiger partial charge in [0.05, 0.1) is 0 Å². The molecule has 1 aromatic rings. The predicted molar refractivity (Wildman–Crippen MR) is 55.9 cm³/mol. The number of hydrogen-bond acceptors (Lipinski definition) is 4. The summed E-state index contributed by atoms with van der Waals surface area (Å²) in [5, 5.41) is 17.4. The molecule has 0 aliphatic carbocycles. The maximum atomic E-state index is 8.82. The average molecular weight is 208 g/mol. The summed E-state index contributed by atoms with van der Waals surface area (Å²) in [5.74, 6) is 1.15. The minimum Gasteiger partial charge on any atom is -0.396 e. The molecule has 0 fully saturated rings. The Bertz CT molecular complexity index is 318. The molecule has 3 nitrogen and oxygen atoms in total. The lowest BCUT2D eigenvalue weighted by atomic mass is 10.2. The number of nitrogens with zero attached hydrogens (tertiary/aromatic N) is 2. The Hall–Kier alpha value is -1.05. The van der Waals surface area contributed by atoms with Crippen molar-refractivity contribution >= 4 is 11.8 Å². The van der Waals surface area contributed by atoms with Crippen LogP contribution in [0.5, 0.6) is 0 Å². The Morgan fingerprint density at radius 1 is 1.64 bits per heavy atom. The number of rotatable bonds is 4. The summed E-state index contributed by atoms with van der Waals surface area (Å²) in [4.78, 5) is 4.99.